The van der Waals surface area contributed by atoms with Gasteiger partial charge >= 0.3 is 0 Å². The molecule has 2 amide bonds. The SMILES string of the molecule is CC1CN(C(=O)c2cccc(NC(=O)CC(C)c3ccccc3)c2)CCO1. The largest absolute Gasteiger partial charge is 0.375 e. The van der Waals surface area contributed by atoms with Gasteiger partial charge in [-0.15, -0.1) is 0 Å². The summed E-state index contributed by atoms with van der Waals surface area (Å²) in [7, 11) is 0. The van der Waals surface area contributed by atoms with Crippen LogP contribution in [-0.4, -0.2) is 42.5 Å². The Morgan fingerprint density at radius 2 is 1.96 bits per heavy atom. The van der Waals surface area contributed by atoms with Crippen LogP contribution in [0.5, 0.6) is 0 Å². The maximum absolute atomic E-state index is 12.7. The summed E-state index contributed by atoms with van der Waals surface area (Å²) in [6, 6.07) is 17.1. The van der Waals surface area contributed by atoms with Crippen LogP contribution in [0.3, 0.4) is 0 Å². The predicted molar refractivity (Wildman–Crippen MR) is 106 cm³/mol. The van der Waals surface area contributed by atoms with E-state index in [1.54, 1.807) is 23.1 Å². The number of nitrogens with one attached hydrogen (secondary N) is 1. The Morgan fingerprint density at radius 1 is 1.19 bits per heavy atom. The second-order valence-corrected chi connectivity index (χ2v) is 7.08. The zero-order chi connectivity index (χ0) is 19.2. The molecule has 0 saturated carbocycles. The second kappa shape index (κ2) is 8.82. The molecule has 0 bridgehead atoms. The molecule has 5 nitrogen and oxygen atoms in total. The Labute approximate surface area is 160 Å². The molecule has 2 unspecified atom stereocenters. The molecule has 1 aliphatic rings. The first kappa shape index (κ1) is 19.1. The van der Waals surface area contributed by atoms with Gasteiger partial charge in [-0.3, -0.25) is 9.59 Å². The van der Waals surface area contributed by atoms with E-state index in [0.29, 0.717) is 37.4 Å². The first-order chi connectivity index (χ1) is 13.0. The zero-order valence-electron chi connectivity index (χ0n) is 15.9. The smallest absolute Gasteiger partial charge is 0.254 e. The lowest BCUT2D eigenvalue weighted by Gasteiger charge is -2.31. The van der Waals surface area contributed by atoms with Gasteiger partial charge in [0.15, 0.2) is 0 Å². The summed E-state index contributed by atoms with van der Waals surface area (Å²) in [6.45, 7) is 5.73. The Balaban J connectivity index is 1.61. The fraction of sp³-hybridized carbons (Fsp3) is 0.364. The van der Waals surface area contributed by atoms with E-state index >= 15 is 0 Å². The number of anilines is 1. The molecule has 3 rings (SSSR count). The number of rotatable bonds is 5. The average Bonchev–Trinajstić information content (AvgIpc) is 2.68. The normalized spacial score (nSPS) is 18.0. The Bertz CT molecular complexity index is 791. The molecule has 1 N–H and O–H groups in total. The molecule has 142 valence electrons. The lowest BCUT2D eigenvalue weighted by atomic mass is 9.97. The highest BCUT2D eigenvalue weighted by Crippen LogP contribution is 2.20. The van der Waals surface area contributed by atoms with Crippen LogP contribution >= 0.6 is 0 Å². The van der Waals surface area contributed by atoms with Crippen molar-refractivity contribution in [2.45, 2.75) is 32.3 Å². The average molecular weight is 366 g/mol. The number of morpholine rings is 1. The fourth-order valence-electron chi connectivity index (χ4n) is 3.30. The molecule has 0 radical (unpaired) electrons. The molecule has 2 aromatic rings. The molecular formula is C22H26N2O3. The van der Waals surface area contributed by atoms with E-state index in [2.05, 4.69) is 5.32 Å². The number of nitrogens with zero attached hydrogens (tertiary/aromatic N) is 1. The summed E-state index contributed by atoms with van der Waals surface area (Å²) < 4.78 is 5.49. The van der Waals surface area contributed by atoms with E-state index in [-0.39, 0.29) is 23.8 Å². The Morgan fingerprint density at radius 3 is 2.70 bits per heavy atom. The highest BCUT2D eigenvalue weighted by Gasteiger charge is 2.22. The minimum absolute atomic E-state index is 0.0288. The molecule has 0 spiro atoms. The van der Waals surface area contributed by atoms with Gasteiger partial charge in [-0.25, -0.2) is 0 Å². The number of amides is 2. The van der Waals surface area contributed by atoms with E-state index in [9.17, 15) is 9.59 Å². The van der Waals surface area contributed by atoms with Crippen molar-refractivity contribution in [2.75, 3.05) is 25.0 Å². The lowest BCUT2D eigenvalue weighted by molar-refractivity contribution is -0.116. The van der Waals surface area contributed by atoms with Crippen LogP contribution in [0, 0.1) is 0 Å². The van der Waals surface area contributed by atoms with Crippen LogP contribution in [0.1, 0.15) is 42.1 Å². The van der Waals surface area contributed by atoms with Gasteiger partial charge in [-0.05, 0) is 36.6 Å². The molecule has 0 aliphatic carbocycles. The van der Waals surface area contributed by atoms with Crippen molar-refractivity contribution in [1.29, 1.82) is 0 Å². The van der Waals surface area contributed by atoms with Gasteiger partial charge in [0.2, 0.25) is 5.91 Å². The van der Waals surface area contributed by atoms with Crippen molar-refractivity contribution >= 4 is 17.5 Å². The monoisotopic (exact) mass is 366 g/mol. The summed E-state index contributed by atoms with van der Waals surface area (Å²) in [5.74, 6) is 0.0423. The predicted octanol–water partition coefficient (Wildman–Crippen LogP) is 3.68. The van der Waals surface area contributed by atoms with E-state index in [4.69, 9.17) is 4.74 Å². The maximum Gasteiger partial charge on any atom is 0.254 e. The molecule has 2 atom stereocenters. The summed E-state index contributed by atoms with van der Waals surface area (Å²) in [4.78, 5) is 26.9. The molecule has 1 aliphatic heterocycles. The molecule has 1 heterocycles. The molecule has 0 aromatic heterocycles. The van der Waals surface area contributed by atoms with Crippen molar-refractivity contribution in [1.82, 2.24) is 4.90 Å². The molecule has 2 aromatic carbocycles. The summed E-state index contributed by atoms with van der Waals surface area (Å²) >= 11 is 0. The Kier molecular flexibility index (Phi) is 6.24. The van der Waals surface area contributed by atoms with Crippen molar-refractivity contribution < 1.29 is 14.3 Å². The summed E-state index contributed by atoms with van der Waals surface area (Å²) in [5, 5.41) is 2.92. The summed E-state index contributed by atoms with van der Waals surface area (Å²) in [6.07, 6.45) is 0.438. The number of benzene rings is 2. The van der Waals surface area contributed by atoms with E-state index in [1.807, 2.05) is 50.2 Å². The topological polar surface area (TPSA) is 58.6 Å². The first-order valence-electron chi connectivity index (χ1n) is 9.38. The molecule has 27 heavy (non-hydrogen) atoms. The van der Waals surface area contributed by atoms with Gasteiger partial charge in [0.25, 0.3) is 5.91 Å². The van der Waals surface area contributed by atoms with Gasteiger partial charge in [0, 0.05) is 30.8 Å². The number of hydrogen-bond acceptors (Lipinski definition) is 3. The van der Waals surface area contributed by atoms with Gasteiger partial charge in [-0.1, -0.05) is 43.3 Å². The minimum Gasteiger partial charge on any atom is -0.375 e. The summed E-state index contributed by atoms with van der Waals surface area (Å²) in [5.41, 5.74) is 2.36. The van der Waals surface area contributed by atoms with Crippen molar-refractivity contribution in [3.63, 3.8) is 0 Å². The van der Waals surface area contributed by atoms with Crippen LogP contribution in [0.2, 0.25) is 0 Å². The molecular weight excluding hydrogens is 340 g/mol. The van der Waals surface area contributed by atoms with Gasteiger partial charge < -0.3 is 15.0 Å². The van der Waals surface area contributed by atoms with Gasteiger partial charge in [0.1, 0.15) is 0 Å². The highest BCUT2D eigenvalue weighted by molar-refractivity contribution is 5.97. The van der Waals surface area contributed by atoms with Gasteiger partial charge in [-0.2, -0.15) is 0 Å². The number of carbonyl (C=O) groups is 2. The molecule has 1 saturated heterocycles. The van der Waals surface area contributed by atoms with Crippen LogP contribution in [-0.2, 0) is 9.53 Å². The van der Waals surface area contributed by atoms with Gasteiger partial charge in [0.05, 0.1) is 12.7 Å². The van der Waals surface area contributed by atoms with Crippen LogP contribution in [0.4, 0.5) is 5.69 Å². The Hall–Kier alpha value is -2.66. The van der Waals surface area contributed by atoms with Crippen molar-refractivity contribution in [2.24, 2.45) is 0 Å². The molecule has 1 fully saturated rings. The fourth-order valence-corrected chi connectivity index (χ4v) is 3.30. The molecule has 5 heteroatoms. The number of hydrogen-bond donors (Lipinski definition) is 1. The number of ether oxygens (including phenoxy) is 1. The number of carbonyl (C=O) groups excluding carboxylic acids is 2. The van der Waals surface area contributed by atoms with Crippen molar-refractivity contribution in [3.8, 4) is 0 Å². The van der Waals surface area contributed by atoms with E-state index in [0.717, 1.165) is 5.56 Å². The minimum atomic E-state index is -0.0593. The van der Waals surface area contributed by atoms with E-state index in [1.165, 1.54) is 0 Å². The highest BCUT2D eigenvalue weighted by atomic mass is 16.5. The zero-order valence-corrected chi connectivity index (χ0v) is 15.9. The third-order valence-electron chi connectivity index (χ3n) is 4.78. The van der Waals surface area contributed by atoms with E-state index < -0.39 is 0 Å². The van der Waals surface area contributed by atoms with Crippen LogP contribution < -0.4 is 5.32 Å². The van der Waals surface area contributed by atoms with Crippen LogP contribution in [0.25, 0.3) is 0 Å². The van der Waals surface area contributed by atoms with Crippen LogP contribution in [0.15, 0.2) is 54.6 Å². The third kappa shape index (κ3) is 5.17. The second-order valence-electron chi connectivity index (χ2n) is 7.08. The first-order valence-corrected chi connectivity index (χ1v) is 9.38. The third-order valence-corrected chi connectivity index (χ3v) is 4.78. The standard InChI is InChI=1S/C22H26N2O3/c1-16(18-7-4-3-5-8-18)13-21(25)23-20-10-6-9-19(14-20)22(26)24-11-12-27-17(2)15-24/h3-10,14,16-17H,11-13,15H2,1-2H3,(H,23,25). The maximum atomic E-state index is 12.7. The van der Waals surface area contributed by atoms with Crippen molar-refractivity contribution in [3.05, 3.63) is 65.7 Å². The quantitative estimate of drug-likeness (QED) is 0.878. The lowest BCUT2D eigenvalue weighted by Crippen LogP contribution is -2.44.